The molecule has 5 rings (SSSR count). The lowest BCUT2D eigenvalue weighted by Gasteiger charge is -2.36. The van der Waals surface area contributed by atoms with Gasteiger partial charge in [0.05, 0.1) is 6.04 Å². The van der Waals surface area contributed by atoms with Crippen molar-refractivity contribution < 1.29 is 9.80 Å². The van der Waals surface area contributed by atoms with Gasteiger partial charge in [-0.3, -0.25) is 0 Å². The molecule has 2 aromatic carbocycles. The number of quaternary nitrogens is 2. The van der Waals surface area contributed by atoms with Crippen LogP contribution in [0.15, 0.2) is 42.5 Å². The van der Waals surface area contributed by atoms with Crippen LogP contribution >= 0.6 is 0 Å². The molecule has 3 aliphatic rings. The Morgan fingerprint density at radius 1 is 0.833 bits per heavy atom. The van der Waals surface area contributed by atoms with E-state index < -0.39 is 0 Å². The highest BCUT2D eigenvalue weighted by atomic mass is 15.3. The lowest BCUT2D eigenvalue weighted by molar-refractivity contribution is -1.03. The Bertz CT molecular complexity index is 711. The van der Waals surface area contributed by atoms with Crippen LogP contribution in [0, 0.1) is 11.8 Å². The first-order chi connectivity index (χ1) is 11.9. The van der Waals surface area contributed by atoms with Crippen molar-refractivity contribution in [3.63, 3.8) is 0 Å². The number of benzene rings is 2. The van der Waals surface area contributed by atoms with Gasteiger partial charge in [-0.05, 0) is 36.0 Å². The molecule has 2 saturated carbocycles. The summed E-state index contributed by atoms with van der Waals surface area (Å²) in [4.78, 5) is 3.74. The maximum Gasteiger partial charge on any atom is 0.127 e. The van der Waals surface area contributed by atoms with Crippen molar-refractivity contribution in [3.8, 4) is 0 Å². The van der Waals surface area contributed by atoms with Crippen molar-refractivity contribution in [2.24, 2.45) is 11.8 Å². The van der Waals surface area contributed by atoms with E-state index in [0.717, 1.165) is 17.9 Å². The Balaban J connectivity index is 1.24. The molecule has 0 spiro atoms. The van der Waals surface area contributed by atoms with E-state index in [2.05, 4.69) is 42.5 Å². The highest BCUT2D eigenvalue weighted by molar-refractivity contribution is 5.85. The lowest BCUT2D eigenvalue weighted by atomic mass is 9.93. The second-order valence-electron chi connectivity index (χ2n) is 8.50. The number of rotatable bonds is 3. The number of hydrogen-bond donors (Lipinski definition) is 2. The fraction of sp³-hybridized carbons (Fsp3) is 0.545. The molecule has 1 heterocycles. The summed E-state index contributed by atoms with van der Waals surface area (Å²) < 4.78 is 0. The van der Waals surface area contributed by atoms with Gasteiger partial charge in [-0.1, -0.05) is 42.5 Å². The highest BCUT2D eigenvalue weighted by Gasteiger charge is 2.46. The maximum absolute atomic E-state index is 2.34. The predicted molar refractivity (Wildman–Crippen MR) is 98.3 cm³/mol. The highest BCUT2D eigenvalue weighted by Crippen LogP contribution is 2.43. The molecule has 3 fully saturated rings. The van der Waals surface area contributed by atoms with Gasteiger partial charge in [-0.25, -0.2) is 0 Å². The van der Waals surface area contributed by atoms with Crippen molar-refractivity contribution in [2.45, 2.75) is 38.3 Å². The Labute approximate surface area is 145 Å². The molecule has 2 bridgehead atoms. The van der Waals surface area contributed by atoms with Crippen molar-refractivity contribution in [2.75, 3.05) is 26.2 Å². The molecule has 0 unspecified atom stereocenters. The predicted octanol–water partition coefficient (Wildman–Crippen LogP) is 1.31. The molecule has 3 atom stereocenters. The fourth-order valence-corrected chi connectivity index (χ4v) is 5.93. The minimum Gasteiger partial charge on any atom is -0.323 e. The molecular weight excluding hydrogens is 292 g/mol. The van der Waals surface area contributed by atoms with Gasteiger partial charge < -0.3 is 9.80 Å². The summed E-state index contributed by atoms with van der Waals surface area (Å²) in [6.07, 6.45) is 6.16. The van der Waals surface area contributed by atoms with Crippen LogP contribution in [0.5, 0.6) is 0 Å². The minimum absolute atomic E-state index is 1.02. The normalized spacial score (nSPS) is 35.6. The van der Waals surface area contributed by atoms with Gasteiger partial charge in [0.25, 0.3) is 0 Å². The first-order valence-electron chi connectivity index (χ1n) is 10.0. The van der Waals surface area contributed by atoms with Crippen molar-refractivity contribution in [3.05, 3.63) is 48.0 Å². The van der Waals surface area contributed by atoms with E-state index in [-0.39, 0.29) is 0 Å². The molecule has 2 heteroatoms. The molecule has 24 heavy (non-hydrogen) atoms. The van der Waals surface area contributed by atoms with Crippen LogP contribution in [-0.2, 0) is 6.54 Å². The van der Waals surface area contributed by atoms with E-state index in [1.807, 2.05) is 4.90 Å². The van der Waals surface area contributed by atoms with E-state index in [1.54, 1.807) is 17.7 Å². The van der Waals surface area contributed by atoms with Crippen LogP contribution in [0.2, 0.25) is 0 Å². The molecule has 1 aliphatic heterocycles. The average molecular weight is 322 g/mol. The van der Waals surface area contributed by atoms with Crippen LogP contribution in [0.25, 0.3) is 10.8 Å². The van der Waals surface area contributed by atoms with Gasteiger partial charge in [0, 0.05) is 17.9 Å². The Kier molecular flexibility index (Phi) is 3.83. The first kappa shape index (κ1) is 14.9. The van der Waals surface area contributed by atoms with Crippen LogP contribution in [-0.4, -0.2) is 32.2 Å². The minimum atomic E-state index is 1.02. The van der Waals surface area contributed by atoms with Crippen LogP contribution < -0.4 is 9.80 Å². The Morgan fingerprint density at radius 2 is 1.67 bits per heavy atom. The quantitative estimate of drug-likeness (QED) is 0.843. The lowest BCUT2D eigenvalue weighted by Crippen LogP contribution is -3.29. The third-order valence-electron chi connectivity index (χ3n) is 7.18. The summed E-state index contributed by atoms with van der Waals surface area (Å²) in [6, 6.07) is 16.7. The van der Waals surface area contributed by atoms with E-state index >= 15 is 0 Å². The van der Waals surface area contributed by atoms with Crippen LogP contribution in [0.3, 0.4) is 0 Å². The maximum atomic E-state index is 2.34. The zero-order valence-corrected chi connectivity index (χ0v) is 14.6. The Morgan fingerprint density at radius 3 is 2.46 bits per heavy atom. The third kappa shape index (κ3) is 2.66. The van der Waals surface area contributed by atoms with Crippen LogP contribution in [0.1, 0.15) is 31.2 Å². The SMILES string of the molecule is c1ccc2c(C[NH+]3CC[NH+]([C@@H]4C[C@@H]5CC[C@H]4C5)CC3)cccc2c1. The second-order valence-corrected chi connectivity index (χ2v) is 8.50. The van der Waals surface area contributed by atoms with Gasteiger partial charge in [-0.2, -0.15) is 0 Å². The van der Waals surface area contributed by atoms with E-state index in [9.17, 15) is 0 Å². The van der Waals surface area contributed by atoms with Gasteiger partial charge in [0.2, 0.25) is 0 Å². The second kappa shape index (κ2) is 6.16. The molecule has 2 aliphatic carbocycles. The Hall–Kier alpha value is -1.38. The summed E-state index contributed by atoms with van der Waals surface area (Å²) in [6.45, 7) is 6.70. The molecule has 1 saturated heterocycles. The topological polar surface area (TPSA) is 8.88 Å². The summed E-state index contributed by atoms with van der Waals surface area (Å²) in [5.74, 6) is 2.16. The number of hydrogen-bond acceptors (Lipinski definition) is 0. The number of fused-ring (bicyclic) bond motifs is 3. The molecule has 0 amide bonds. The zero-order chi connectivity index (χ0) is 15.9. The van der Waals surface area contributed by atoms with Crippen molar-refractivity contribution in [1.29, 1.82) is 0 Å². The summed E-state index contributed by atoms with van der Waals surface area (Å²) in [5.41, 5.74) is 1.53. The summed E-state index contributed by atoms with van der Waals surface area (Å²) in [5, 5.41) is 2.84. The largest absolute Gasteiger partial charge is 0.323 e. The first-order valence-corrected chi connectivity index (χ1v) is 10.0. The fourth-order valence-electron chi connectivity index (χ4n) is 5.93. The number of piperazine rings is 1. The smallest absolute Gasteiger partial charge is 0.127 e. The van der Waals surface area contributed by atoms with Gasteiger partial charge in [-0.15, -0.1) is 0 Å². The number of nitrogens with one attached hydrogen (secondary N) is 2. The van der Waals surface area contributed by atoms with Crippen molar-refractivity contribution in [1.82, 2.24) is 0 Å². The molecule has 0 radical (unpaired) electrons. The van der Waals surface area contributed by atoms with E-state index in [1.165, 1.54) is 61.9 Å². The molecular formula is C22H30N2+2. The van der Waals surface area contributed by atoms with Gasteiger partial charge in [0.15, 0.2) is 0 Å². The van der Waals surface area contributed by atoms with Gasteiger partial charge in [0.1, 0.15) is 32.7 Å². The summed E-state index contributed by atoms with van der Waals surface area (Å²) in [7, 11) is 0. The molecule has 2 nitrogen and oxygen atoms in total. The standard InChI is InChI=1S/C22H28N2/c1-2-7-21-18(4-1)5-3-6-20(21)16-23-10-12-24(13-11-23)22-15-17-8-9-19(22)14-17/h1-7,17,19,22H,8-16H2/p+2/t17-,19+,22-/m1/s1. The molecule has 126 valence electrons. The summed E-state index contributed by atoms with van der Waals surface area (Å²) >= 11 is 0. The van der Waals surface area contributed by atoms with Gasteiger partial charge >= 0.3 is 0 Å². The monoisotopic (exact) mass is 322 g/mol. The van der Waals surface area contributed by atoms with E-state index in [4.69, 9.17) is 0 Å². The zero-order valence-electron chi connectivity index (χ0n) is 14.6. The van der Waals surface area contributed by atoms with E-state index in [0.29, 0.717) is 0 Å². The molecule has 2 N–H and O–H groups in total. The third-order valence-corrected chi connectivity index (χ3v) is 7.18. The van der Waals surface area contributed by atoms with Crippen LogP contribution in [0.4, 0.5) is 0 Å². The molecule has 2 aromatic rings. The van der Waals surface area contributed by atoms with Crippen molar-refractivity contribution >= 4 is 10.8 Å². The average Bonchev–Trinajstić information content (AvgIpc) is 3.26. The molecule has 0 aromatic heterocycles.